The molecule has 21 heavy (non-hydrogen) atoms. The van der Waals surface area contributed by atoms with Crippen molar-refractivity contribution in [2.75, 3.05) is 37.5 Å². The van der Waals surface area contributed by atoms with Crippen molar-refractivity contribution in [1.29, 1.82) is 0 Å². The maximum atomic E-state index is 11.7. The number of amides is 1. The summed E-state index contributed by atoms with van der Waals surface area (Å²) < 4.78 is 10.5. The van der Waals surface area contributed by atoms with Crippen LogP contribution in [0.15, 0.2) is 12.1 Å². The van der Waals surface area contributed by atoms with Gasteiger partial charge in [0.2, 0.25) is 5.91 Å². The normalized spacial score (nSPS) is 10.9. The molecule has 0 aromatic heterocycles. The molecule has 118 valence electrons. The molecule has 0 saturated carbocycles. The molecule has 1 rings (SSSR count). The van der Waals surface area contributed by atoms with Crippen molar-refractivity contribution in [3.63, 3.8) is 0 Å². The van der Waals surface area contributed by atoms with Gasteiger partial charge in [0.25, 0.3) is 0 Å². The standard InChI is InChI=1S/C14H20Cl2N2O3/c1-9(2)7-20-3-4-21-8-13(19)18-14-11(15)5-10(17)6-12(14)16/h5-6,9H,3-4,7-8,17H2,1-2H3,(H,18,19). The number of benzene rings is 1. The number of hydrogen-bond acceptors (Lipinski definition) is 4. The van der Waals surface area contributed by atoms with E-state index >= 15 is 0 Å². The topological polar surface area (TPSA) is 73.6 Å². The molecule has 7 heteroatoms. The monoisotopic (exact) mass is 334 g/mol. The number of carbonyl (C=O) groups is 1. The largest absolute Gasteiger partial charge is 0.399 e. The van der Waals surface area contributed by atoms with Crippen LogP contribution in [0.25, 0.3) is 0 Å². The van der Waals surface area contributed by atoms with Crippen LogP contribution in [0.4, 0.5) is 11.4 Å². The highest BCUT2D eigenvalue weighted by Gasteiger charge is 2.11. The highest BCUT2D eigenvalue weighted by Crippen LogP contribution is 2.32. The molecule has 0 bridgehead atoms. The number of nitrogen functional groups attached to an aromatic ring is 1. The van der Waals surface area contributed by atoms with Crippen LogP contribution in [0.2, 0.25) is 10.0 Å². The van der Waals surface area contributed by atoms with Gasteiger partial charge in [-0.05, 0) is 18.1 Å². The van der Waals surface area contributed by atoms with Gasteiger partial charge in [-0.3, -0.25) is 4.79 Å². The molecular weight excluding hydrogens is 315 g/mol. The molecule has 0 fully saturated rings. The van der Waals surface area contributed by atoms with Gasteiger partial charge in [0, 0.05) is 12.3 Å². The molecule has 1 aromatic carbocycles. The predicted molar refractivity (Wildman–Crippen MR) is 86.0 cm³/mol. The number of hydrogen-bond donors (Lipinski definition) is 2. The van der Waals surface area contributed by atoms with Gasteiger partial charge in [-0.1, -0.05) is 37.0 Å². The Morgan fingerprint density at radius 3 is 2.38 bits per heavy atom. The minimum absolute atomic E-state index is 0.0952. The third-order valence-corrected chi connectivity index (χ3v) is 2.98. The lowest BCUT2D eigenvalue weighted by atomic mass is 10.2. The van der Waals surface area contributed by atoms with Gasteiger partial charge < -0.3 is 20.5 Å². The highest BCUT2D eigenvalue weighted by molar-refractivity contribution is 6.40. The van der Waals surface area contributed by atoms with E-state index in [2.05, 4.69) is 19.2 Å². The van der Waals surface area contributed by atoms with Crippen LogP contribution >= 0.6 is 23.2 Å². The molecule has 0 saturated heterocycles. The van der Waals surface area contributed by atoms with E-state index in [-0.39, 0.29) is 22.6 Å². The Morgan fingerprint density at radius 1 is 1.24 bits per heavy atom. The van der Waals surface area contributed by atoms with Gasteiger partial charge in [-0.2, -0.15) is 0 Å². The van der Waals surface area contributed by atoms with Crippen molar-refractivity contribution in [3.8, 4) is 0 Å². The number of halogens is 2. The van der Waals surface area contributed by atoms with Gasteiger partial charge in [0.1, 0.15) is 6.61 Å². The maximum absolute atomic E-state index is 11.7. The Kier molecular flexibility index (Phi) is 7.82. The molecule has 3 N–H and O–H groups in total. The average molecular weight is 335 g/mol. The Morgan fingerprint density at radius 2 is 1.81 bits per heavy atom. The summed E-state index contributed by atoms with van der Waals surface area (Å²) in [5.41, 5.74) is 6.35. The molecule has 0 radical (unpaired) electrons. The number of rotatable bonds is 8. The van der Waals surface area contributed by atoms with Gasteiger partial charge >= 0.3 is 0 Å². The second-order valence-electron chi connectivity index (χ2n) is 4.93. The van der Waals surface area contributed by atoms with E-state index < -0.39 is 0 Å². The minimum Gasteiger partial charge on any atom is -0.399 e. The van der Waals surface area contributed by atoms with Crippen LogP contribution in [0.1, 0.15) is 13.8 Å². The highest BCUT2D eigenvalue weighted by atomic mass is 35.5. The van der Waals surface area contributed by atoms with Crippen molar-refractivity contribution in [2.45, 2.75) is 13.8 Å². The first-order chi connectivity index (χ1) is 9.90. The van der Waals surface area contributed by atoms with Gasteiger partial charge in [0.15, 0.2) is 0 Å². The fraction of sp³-hybridized carbons (Fsp3) is 0.500. The SMILES string of the molecule is CC(C)COCCOCC(=O)Nc1c(Cl)cc(N)cc1Cl. The van der Waals surface area contributed by atoms with Crippen molar-refractivity contribution >= 4 is 40.5 Å². The van der Waals surface area contributed by atoms with E-state index in [9.17, 15) is 4.79 Å². The lowest BCUT2D eigenvalue weighted by Gasteiger charge is -2.11. The summed E-state index contributed by atoms with van der Waals surface area (Å²) in [7, 11) is 0. The lowest BCUT2D eigenvalue weighted by molar-refractivity contribution is -0.121. The molecule has 0 heterocycles. The van der Waals surface area contributed by atoms with Crippen molar-refractivity contribution in [2.24, 2.45) is 5.92 Å². The quantitative estimate of drug-likeness (QED) is 0.565. The molecule has 0 aliphatic rings. The van der Waals surface area contributed by atoms with E-state index in [4.69, 9.17) is 38.4 Å². The molecule has 1 amide bonds. The van der Waals surface area contributed by atoms with Gasteiger partial charge in [0.05, 0.1) is 28.9 Å². The van der Waals surface area contributed by atoms with Gasteiger partial charge in [-0.25, -0.2) is 0 Å². The second kappa shape index (κ2) is 9.10. The molecule has 1 aromatic rings. The van der Waals surface area contributed by atoms with Crippen LogP contribution in [0.5, 0.6) is 0 Å². The Balaban J connectivity index is 2.31. The van der Waals surface area contributed by atoms with E-state index in [1.54, 1.807) is 0 Å². The van der Waals surface area contributed by atoms with E-state index in [1.165, 1.54) is 12.1 Å². The summed E-state index contributed by atoms with van der Waals surface area (Å²) >= 11 is 11.9. The number of nitrogens with one attached hydrogen (secondary N) is 1. The number of anilines is 2. The van der Waals surface area contributed by atoms with Crippen LogP contribution in [-0.4, -0.2) is 32.3 Å². The smallest absolute Gasteiger partial charge is 0.250 e. The average Bonchev–Trinajstić information content (AvgIpc) is 2.37. The summed E-state index contributed by atoms with van der Waals surface area (Å²) in [6.07, 6.45) is 0. The summed E-state index contributed by atoms with van der Waals surface area (Å²) in [6, 6.07) is 3.04. The zero-order chi connectivity index (χ0) is 15.8. The van der Waals surface area contributed by atoms with Crippen LogP contribution in [0, 0.1) is 5.92 Å². The van der Waals surface area contributed by atoms with E-state index in [0.29, 0.717) is 37.1 Å². The molecule has 0 spiro atoms. The summed E-state index contributed by atoms with van der Waals surface area (Å²) in [4.78, 5) is 11.7. The summed E-state index contributed by atoms with van der Waals surface area (Å²) in [5, 5.41) is 3.16. The molecule has 0 atom stereocenters. The predicted octanol–water partition coefficient (Wildman–Crippen LogP) is 3.20. The number of ether oxygens (including phenoxy) is 2. The van der Waals surface area contributed by atoms with Gasteiger partial charge in [-0.15, -0.1) is 0 Å². The summed E-state index contributed by atoms with van der Waals surface area (Å²) in [5.74, 6) is 0.135. The fourth-order valence-corrected chi connectivity index (χ4v) is 2.09. The number of nitrogens with two attached hydrogens (primary N) is 1. The third kappa shape index (κ3) is 7.00. The zero-order valence-corrected chi connectivity index (χ0v) is 13.6. The number of carbonyl (C=O) groups excluding carboxylic acids is 1. The van der Waals surface area contributed by atoms with Crippen molar-refractivity contribution < 1.29 is 14.3 Å². The molecule has 0 aliphatic carbocycles. The Bertz CT molecular complexity index is 458. The van der Waals surface area contributed by atoms with E-state index in [0.717, 1.165) is 0 Å². The lowest BCUT2D eigenvalue weighted by Crippen LogP contribution is -2.20. The fourth-order valence-electron chi connectivity index (χ4n) is 1.49. The first-order valence-electron chi connectivity index (χ1n) is 6.60. The Hall–Kier alpha value is -1.01. The van der Waals surface area contributed by atoms with Crippen molar-refractivity contribution in [1.82, 2.24) is 0 Å². The van der Waals surface area contributed by atoms with Crippen LogP contribution in [-0.2, 0) is 14.3 Å². The van der Waals surface area contributed by atoms with Crippen LogP contribution < -0.4 is 11.1 Å². The van der Waals surface area contributed by atoms with Crippen LogP contribution in [0.3, 0.4) is 0 Å². The first kappa shape index (κ1) is 18.0. The molecule has 0 aliphatic heterocycles. The first-order valence-corrected chi connectivity index (χ1v) is 7.35. The minimum atomic E-state index is -0.340. The molecular formula is C14H20Cl2N2O3. The van der Waals surface area contributed by atoms with E-state index in [1.807, 2.05) is 0 Å². The maximum Gasteiger partial charge on any atom is 0.250 e. The Labute approximate surface area is 134 Å². The summed E-state index contributed by atoms with van der Waals surface area (Å²) in [6.45, 7) is 5.51. The molecule has 5 nitrogen and oxygen atoms in total. The second-order valence-corrected chi connectivity index (χ2v) is 5.74. The molecule has 0 unspecified atom stereocenters. The van der Waals surface area contributed by atoms with Crippen molar-refractivity contribution in [3.05, 3.63) is 22.2 Å². The zero-order valence-electron chi connectivity index (χ0n) is 12.1. The third-order valence-electron chi connectivity index (χ3n) is 2.39.